The third-order valence-corrected chi connectivity index (χ3v) is 8.37. The van der Waals surface area contributed by atoms with E-state index in [-0.39, 0.29) is 23.3 Å². The zero-order chi connectivity index (χ0) is 32.4. The molecule has 10 nitrogen and oxygen atoms in total. The Labute approximate surface area is 266 Å². The summed E-state index contributed by atoms with van der Waals surface area (Å²) in [6, 6.07) is 23.4. The Morgan fingerprint density at radius 3 is 2.43 bits per heavy atom. The molecule has 232 valence electrons. The number of nitrogens with zero attached hydrogens (tertiary/aromatic N) is 2. The topological polar surface area (TPSA) is 130 Å². The molecular weight excluding hydrogens is 608 g/mol. The molecular formula is C35H28N2O8S. The lowest BCUT2D eigenvalue weighted by atomic mass is 9.93. The fraction of sp³-hybridized carbons (Fsp3) is 0.143. The maximum atomic E-state index is 14.2. The standard InChI is InChI=1S/C35H28N2O8S/c1-4-44-34(41)29-30(20-9-6-5-7-10-20)36-35-37(31(29)22-13-15-26(42-2)27(18-22)43-3)32(38)28(46-35)19-24-14-16-25(45-24)21-11-8-12-23(17-21)33(39)40/h5-19,31H,4H2,1-3H3,(H,39,40)/b28-19-. The van der Waals surface area contributed by atoms with Crippen LogP contribution in [0.4, 0.5) is 0 Å². The maximum Gasteiger partial charge on any atom is 0.338 e. The van der Waals surface area contributed by atoms with Crippen LogP contribution in [-0.4, -0.2) is 42.4 Å². The zero-order valence-corrected chi connectivity index (χ0v) is 25.9. The van der Waals surface area contributed by atoms with Crippen molar-refractivity contribution in [1.29, 1.82) is 0 Å². The monoisotopic (exact) mass is 636 g/mol. The van der Waals surface area contributed by atoms with Gasteiger partial charge in [-0.1, -0.05) is 59.9 Å². The van der Waals surface area contributed by atoms with Gasteiger partial charge in [0, 0.05) is 17.2 Å². The second-order valence-corrected chi connectivity index (χ2v) is 11.1. The van der Waals surface area contributed by atoms with Crippen molar-refractivity contribution in [2.24, 2.45) is 4.99 Å². The Hall–Kier alpha value is -5.68. The molecule has 0 saturated carbocycles. The Kier molecular flexibility index (Phi) is 8.41. The molecule has 0 saturated heterocycles. The van der Waals surface area contributed by atoms with Crippen molar-refractivity contribution in [2.45, 2.75) is 13.0 Å². The highest BCUT2D eigenvalue weighted by Crippen LogP contribution is 2.38. The summed E-state index contributed by atoms with van der Waals surface area (Å²) in [5.74, 6) is 0.108. The van der Waals surface area contributed by atoms with E-state index in [1.807, 2.05) is 30.3 Å². The lowest BCUT2D eigenvalue weighted by Gasteiger charge is -2.26. The van der Waals surface area contributed by atoms with Gasteiger partial charge in [-0.05, 0) is 48.9 Å². The van der Waals surface area contributed by atoms with E-state index >= 15 is 0 Å². The first-order chi connectivity index (χ1) is 22.3. The van der Waals surface area contributed by atoms with Crippen LogP contribution >= 0.6 is 11.3 Å². The number of fused-ring (bicyclic) bond motifs is 1. The number of carbonyl (C=O) groups excluding carboxylic acids is 1. The van der Waals surface area contributed by atoms with Crippen molar-refractivity contribution in [3.8, 4) is 22.8 Å². The predicted octanol–water partition coefficient (Wildman–Crippen LogP) is 4.91. The van der Waals surface area contributed by atoms with Crippen LogP contribution < -0.4 is 24.4 Å². The van der Waals surface area contributed by atoms with Gasteiger partial charge in [-0.25, -0.2) is 14.6 Å². The molecule has 0 aliphatic carbocycles. The third-order valence-electron chi connectivity index (χ3n) is 7.39. The van der Waals surface area contributed by atoms with Gasteiger partial charge in [0.25, 0.3) is 5.56 Å². The van der Waals surface area contributed by atoms with Crippen molar-refractivity contribution in [1.82, 2.24) is 4.57 Å². The number of carboxylic acid groups (broad SMARTS) is 1. The summed E-state index contributed by atoms with van der Waals surface area (Å²) >= 11 is 1.16. The van der Waals surface area contributed by atoms with Gasteiger partial charge in [0.2, 0.25) is 0 Å². The summed E-state index contributed by atoms with van der Waals surface area (Å²) in [4.78, 5) is 44.6. The number of aromatic nitrogens is 1. The summed E-state index contributed by atoms with van der Waals surface area (Å²) in [6.07, 6.45) is 1.61. The molecule has 3 heterocycles. The molecule has 5 aromatic rings. The molecule has 1 atom stereocenters. The van der Waals surface area contributed by atoms with E-state index in [0.29, 0.717) is 54.7 Å². The van der Waals surface area contributed by atoms with Crippen molar-refractivity contribution in [3.05, 3.63) is 133 Å². The van der Waals surface area contributed by atoms with E-state index < -0.39 is 18.0 Å². The number of rotatable bonds is 9. The average molecular weight is 637 g/mol. The van der Waals surface area contributed by atoms with E-state index in [1.165, 1.54) is 30.9 Å². The van der Waals surface area contributed by atoms with Gasteiger partial charge < -0.3 is 23.7 Å². The minimum Gasteiger partial charge on any atom is -0.493 e. The number of carboxylic acids is 1. The van der Waals surface area contributed by atoms with E-state index in [9.17, 15) is 19.5 Å². The van der Waals surface area contributed by atoms with Crippen molar-refractivity contribution in [2.75, 3.05) is 20.8 Å². The highest BCUT2D eigenvalue weighted by atomic mass is 32.1. The molecule has 0 fully saturated rings. The van der Waals surface area contributed by atoms with Crippen LogP contribution in [0.3, 0.4) is 0 Å². The summed E-state index contributed by atoms with van der Waals surface area (Å²) in [5.41, 5.74) is 2.21. The lowest BCUT2D eigenvalue weighted by Crippen LogP contribution is -2.40. The summed E-state index contributed by atoms with van der Waals surface area (Å²) < 4.78 is 24.3. The van der Waals surface area contributed by atoms with Gasteiger partial charge in [0.05, 0.1) is 48.2 Å². The number of benzene rings is 3. The molecule has 1 aliphatic heterocycles. The Morgan fingerprint density at radius 2 is 1.72 bits per heavy atom. The number of methoxy groups -OCH3 is 2. The van der Waals surface area contributed by atoms with Crippen LogP contribution in [0, 0.1) is 0 Å². The summed E-state index contributed by atoms with van der Waals surface area (Å²) in [6.45, 7) is 1.85. The van der Waals surface area contributed by atoms with Crippen LogP contribution in [-0.2, 0) is 9.53 Å². The maximum absolute atomic E-state index is 14.2. The largest absolute Gasteiger partial charge is 0.493 e. The number of esters is 1. The molecule has 0 radical (unpaired) electrons. The van der Waals surface area contributed by atoms with Crippen molar-refractivity contribution < 1.29 is 33.3 Å². The number of aromatic carboxylic acids is 1. The quantitative estimate of drug-likeness (QED) is 0.226. The average Bonchev–Trinajstić information content (AvgIpc) is 3.68. The fourth-order valence-electron chi connectivity index (χ4n) is 5.30. The van der Waals surface area contributed by atoms with Crippen LogP contribution in [0.2, 0.25) is 0 Å². The highest BCUT2D eigenvalue weighted by Gasteiger charge is 2.35. The van der Waals surface area contributed by atoms with E-state index in [4.69, 9.17) is 23.6 Å². The summed E-state index contributed by atoms with van der Waals surface area (Å²) in [7, 11) is 3.04. The number of furan rings is 1. The number of hydrogen-bond acceptors (Lipinski definition) is 9. The lowest BCUT2D eigenvalue weighted by molar-refractivity contribution is -0.138. The second kappa shape index (κ2) is 12.7. The predicted molar refractivity (Wildman–Crippen MR) is 172 cm³/mol. The van der Waals surface area contributed by atoms with Gasteiger partial charge in [-0.15, -0.1) is 0 Å². The number of carbonyl (C=O) groups is 2. The zero-order valence-electron chi connectivity index (χ0n) is 25.1. The minimum atomic E-state index is -1.05. The smallest absolute Gasteiger partial charge is 0.338 e. The molecule has 3 aromatic carbocycles. The van der Waals surface area contributed by atoms with Crippen LogP contribution in [0.1, 0.15) is 40.2 Å². The fourth-order valence-corrected chi connectivity index (χ4v) is 6.28. The Morgan fingerprint density at radius 1 is 0.957 bits per heavy atom. The van der Waals surface area contributed by atoms with Crippen LogP contribution in [0.5, 0.6) is 11.5 Å². The van der Waals surface area contributed by atoms with Crippen molar-refractivity contribution in [3.63, 3.8) is 0 Å². The number of ether oxygens (including phenoxy) is 3. The van der Waals surface area contributed by atoms with Gasteiger partial charge in [0.15, 0.2) is 16.3 Å². The molecule has 2 aromatic heterocycles. The van der Waals surface area contributed by atoms with Gasteiger partial charge in [-0.2, -0.15) is 0 Å². The molecule has 46 heavy (non-hydrogen) atoms. The van der Waals surface area contributed by atoms with Crippen molar-refractivity contribution >= 4 is 35.0 Å². The molecule has 0 spiro atoms. The van der Waals surface area contributed by atoms with Gasteiger partial charge in [-0.3, -0.25) is 9.36 Å². The third kappa shape index (κ3) is 5.64. The Bertz CT molecular complexity index is 2180. The first kappa shape index (κ1) is 30.4. The highest BCUT2D eigenvalue weighted by molar-refractivity contribution is 7.07. The molecule has 0 bridgehead atoms. The first-order valence-corrected chi connectivity index (χ1v) is 15.1. The Balaban J connectivity index is 1.56. The molecule has 1 aliphatic rings. The molecule has 1 N–H and O–H groups in total. The van der Waals surface area contributed by atoms with Gasteiger partial charge >= 0.3 is 11.9 Å². The van der Waals surface area contributed by atoms with Crippen LogP contribution in [0.25, 0.3) is 23.1 Å². The molecule has 1 unspecified atom stereocenters. The molecule has 0 amide bonds. The van der Waals surface area contributed by atoms with Crippen LogP contribution in [0.15, 0.2) is 105 Å². The SMILES string of the molecule is CCOC(=O)C1=C(c2ccccc2)N=c2s/c(=C\c3ccc(-c4cccc(C(=O)O)c4)o3)c(=O)n2C1c1ccc(OC)c(OC)c1. The summed E-state index contributed by atoms with van der Waals surface area (Å²) in [5, 5.41) is 9.37. The molecule has 11 heteroatoms. The number of hydrogen-bond donors (Lipinski definition) is 1. The number of thiazole rings is 1. The van der Waals surface area contributed by atoms with E-state index in [0.717, 1.165) is 11.3 Å². The second-order valence-electron chi connectivity index (χ2n) is 10.1. The van der Waals surface area contributed by atoms with E-state index in [2.05, 4.69) is 0 Å². The van der Waals surface area contributed by atoms with Gasteiger partial charge in [0.1, 0.15) is 11.5 Å². The normalized spacial score (nSPS) is 14.4. The first-order valence-electron chi connectivity index (χ1n) is 14.3. The van der Waals surface area contributed by atoms with E-state index in [1.54, 1.807) is 55.5 Å². The molecule has 6 rings (SSSR count). The minimum absolute atomic E-state index is 0.129.